The molecular weight excluding hydrogens is 204 g/mol. The van der Waals surface area contributed by atoms with E-state index in [0.29, 0.717) is 19.1 Å². The molecule has 1 saturated carbocycles. The lowest BCUT2D eigenvalue weighted by molar-refractivity contribution is -0.138. The standard InChI is InChI=1S/C12H24N2O2/c1-10(9-13)12(16)14(7-8-15)11-5-3-2-4-6-11/h10-11,15H,2-9,13H2,1H3. The van der Waals surface area contributed by atoms with Crippen LogP contribution in [0, 0.1) is 5.92 Å². The molecule has 4 heteroatoms. The number of carbonyl (C=O) groups excluding carboxylic acids is 1. The molecule has 1 aliphatic rings. The quantitative estimate of drug-likeness (QED) is 0.729. The minimum atomic E-state index is -0.131. The van der Waals surface area contributed by atoms with Crippen LogP contribution in [-0.4, -0.2) is 41.7 Å². The molecule has 4 nitrogen and oxygen atoms in total. The first-order valence-electron chi connectivity index (χ1n) is 6.32. The Hall–Kier alpha value is -0.610. The van der Waals surface area contributed by atoms with Gasteiger partial charge < -0.3 is 15.7 Å². The Morgan fingerprint density at radius 2 is 2.06 bits per heavy atom. The second-order valence-corrected chi connectivity index (χ2v) is 4.68. The zero-order chi connectivity index (χ0) is 12.0. The molecule has 1 fully saturated rings. The van der Waals surface area contributed by atoms with Gasteiger partial charge in [-0.3, -0.25) is 4.79 Å². The zero-order valence-corrected chi connectivity index (χ0v) is 10.2. The van der Waals surface area contributed by atoms with E-state index >= 15 is 0 Å². The first-order valence-corrected chi connectivity index (χ1v) is 6.32. The number of nitrogens with two attached hydrogens (primary N) is 1. The molecule has 1 rings (SSSR count). The van der Waals surface area contributed by atoms with Crippen LogP contribution in [0.25, 0.3) is 0 Å². The average Bonchev–Trinajstić information content (AvgIpc) is 2.35. The van der Waals surface area contributed by atoms with Gasteiger partial charge in [-0.2, -0.15) is 0 Å². The van der Waals surface area contributed by atoms with E-state index in [9.17, 15) is 4.79 Å². The molecule has 1 amide bonds. The molecular formula is C12H24N2O2. The molecule has 1 unspecified atom stereocenters. The fourth-order valence-electron chi connectivity index (χ4n) is 2.36. The first kappa shape index (κ1) is 13.5. The van der Waals surface area contributed by atoms with Crippen molar-refractivity contribution >= 4 is 5.91 Å². The van der Waals surface area contributed by atoms with Crippen molar-refractivity contribution < 1.29 is 9.90 Å². The van der Waals surface area contributed by atoms with E-state index in [1.807, 2.05) is 11.8 Å². The van der Waals surface area contributed by atoms with E-state index in [1.54, 1.807) is 0 Å². The minimum absolute atomic E-state index is 0.0412. The van der Waals surface area contributed by atoms with Gasteiger partial charge in [0.2, 0.25) is 5.91 Å². The van der Waals surface area contributed by atoms with Crippen molar-refractivity contribution in [2.75, 3.05) is 19.7 Å². The van der Waals surface area contributed by atoms with Crippen molar-refractivity contribution in [2.45, 2.75) is 45.1 Å². The first-order chi connectivity index (χ1) is 7.70. The van der Waals surface area contributed by atoms with E-state index in [0.717, 1.165) is 12.8 Å². The van der Waals surface area contributed by atoms with E-state index in [2.05, 4.69) is 0 Å². The van der Waals surface area contributed by atoms with Crippen LogP contribution < -0.4 is 5.73 Å². The maximum atomic E-state index is 12.1. The van der Waals surface area contributed by atoms with Gasteiger partial charge in [-0.05, 0) is 12.8 Å². The van der Waals surface area contributed by atoms with Crippen molar-refractivity contribution in [3.8, 4) is 0 Å². The Balaban J connectivity index is 2.60. The SMILES string of the molecule is CC(CN)C(=O)N(CCO)C1CCCCC1. The van der Waals surface area contributed by atoms with Gasteiger partial charge in [-0.1, -0.05) is 26.2 Å². The number of aliphatic hydroxyl groups is 1. The number of hydrogen-bond acceptors (Lipinski definition) is 3. The van der Waals surface area contributed by atoms with Crippen LogP contribution >= 0.6 is 0 Å². The van der Waals surface area contributed by atoms with Crippen molar-refractivity contribution in [3.05, 3.63) is 0 Å². The molecule has 1 aliphatic carbocycles. The third-order valence-electron chi connectivity index (χ3n) is 3.41. The lowest BCUT2D eigenvalue weighted by Gasteiger charge is -2.35. The maximum Gasteiger partial charge on any atom is 0.227 e. The van der Waals surface area contributed by atoms with Crippen LogP contribution in [0.4, 0.5) is 0 Å². The second-order valence-electron chi connectivity index (χ2n) is 4.68. The zero-order valence-electron chi connectivity index (χ0n) is 10.2. The van der Waals surface area contributed by atoms with Gasteiger partial charge in [0.25, 0.3) is 0 Å². The monoisotopic (exact) mass is 228 g/mol. The Labute approximate surface area is 97.8 Å². The normalized spacial score (nSPS) is 19.4. The van der Waals surface area contributed by atoms with Gasteiger partial charge in [-0.15, -0.1) is 0 Å². The van der Waals surface area contributed by atoms with Crippen molar-refractivity contribution in [1.82, 2.24) is 4.90 Å². The number of amides is 1. The highest BCUT2D eigenvalue weighted by Gasteiger charge is 2.27. The summed E-state index contributed by atoms with van der Waals surface area (Å²) in [6.07, 6.45) is 5.80. The predicted octanol–water partition coefficient (Wildman–Crippen LogP) is 0.735. The summed E-state index contributed by atoms with van der Waals surface area (Å²) < 4.78 is 0. The molecule has 1 atom stereocenters. The van der Waals surface area contributed by atoms with Crippen LogP contribution in [0.1, 0.15) is 39.0 Å². The summed E-state index contributed by atoms with van der Waals surface area (Å²) in [6.45, 7) is 2.73. The van der Waals surface area contributed by atoms with E-state index in [1.165, 1.54) is 19.3 Å². The van der Waals surface area contributed by atoms with Gasteiger partial charge >= 0.3 is 0 Å². The molecule has 0 heterocycles. The maximum absolute atomic E-state index is 12.1. The highest BCUT2D eigenvalue weighted by Crippen LogP contribution is 2.23. The number of hydrogen-bond donors (Lipinski definition) is 2. The average molecular weight is 228 g/mol. The van der Waals surface area contributed by atoms with Gasteiger partial charge in [-0.25, -0.2) is 0 Å². The lowest BCUT2D eigenvalue weighted by atomic mass is 9.93. The van der Waals surface area contributed by atoms with E-state index < -0.39 is 0 Å². The minimum Gasteiger partial charge on any atom is -0.395 e. The number of aliphatic hydroxyl groups excluding tert-OH is 1. The smallest absolute Gasteiger partial charge is 0.227 e. The molecule has 94 valence electrons. The molecule has 0 bridgehead atoms. The lowest BCUT2D eigenvalue weighted by Crippen LogP contribution is -2.46. The van der Waals surface area contributed by atoms with Crippen molar-refractivity contribution in [1.29, 1.82) is 0 Å². The summed E-state index contributed by atoms with van der Waals surface area (Å²) in [6, 6.07) is 0.322. The summed E-state index contributed by atoms with van der Waals surface area (Å²) in [5, 5.41) is 9.05. The molecule has 0 aromatic carbocycles. The fourth-order valence-corrected chi connectivity index (χ4v) is 2.36. The molecule has 0 aromatic heterocycles. The third-order valence-corrected chi connectivity index (χ3v) is 3.41. The molecule has 0 spiro atoms. The van der Waals surface area contributed by atoms with E-state index in [4.69, 9.17) is 10.8 Å². The van der Waals surface area contributed by atoms with Crippen LogP contribution in [0.5, 0.6) is 0 Å². The highest BCUT2D eigenvalue weighted by molar-refractivity contribution is 5.79. The summed E-state index contributed by atoms with van der Waals surface area (Å²) >= 11 is 0. The van der Waals surface area contributed by atoms with Gasteiger partial charge in [0.05, 0.1) is 6.61 Å². The molecule has 16 heavy (non-hydrogen) atoms. The Kier molecular flexibility index (Phi) is 5.77. The summed E-state index contributed by atoms with van der Waals surface area (Å²) in [7, 11) is 0. The Morgan fingerprint density at radius 1 is 1.44 bits per heavy atom. The predicted molar refractivity (Wildman–Crippen MR) is 63.9 cm³/mol. The largest absolute Gasteiger partial charge is 0.395 e. The van der Waals surface area contributed by atoms with Crippen molar-refractivity contribution in [2.24, 2.45) is 11.7 Å². The summed E-state index contributed by atoms with van der Waals surface area (Å²) in [5.74, 6) is -0.0306. The number of carbonyl (C=O) groups is 1. The van der Waals surface area contributed by atoms with Crippen LogP contribution in [0.3, 0.4) is 0 Å². The van der Waals surface area contributed by atoms with Gasteiger partial charge in [0.1, 0.15) is 0 Å². The fraction of sp³-hybridized carbons (Fsp3) is 0.917. The van der Waals surface area contributed by atoms with Crippen molar-refractivity contribution in [3.63, 3.8) is 0 Å². The Bertz CT molecular complexity index is 215. The van der Waals surface area contributed by atoms with E-state index in [-0.39, 0.29) is 18.4 Å². The van der Waals surface area contributed by atoms with Crippen LogP contribution in [0.2, 0.25) is 0 Å². The molecule has 3 N–H and O–H groups in total. The second kappa shape index (κ2) is 6.86. The van der Waals surface area contributed by atoms with Gasteiger partial charge in [0, 0.05) is 25.0 Å². The molecule has 0 aromatic rings. The molecule has 0 aliphatic heterocycles. The molecule has 0 radical (unpaired) electrons. The van der Waals surface area contributed by atoms with Gasteiger partial charge in [0.15, 0.2) is 0 Å². The topological polar surface area (TPSA) is 66.6 Å². The number of nitrogens with zero attached hydrogens (tertiary/aromatic N) is 1. The van der Waals surface area contributed by atoms with Crippen LogP contribution in [0.15, 0.2) is 0 Å². The number of rotatable bonds is 5. The third kappa shape index (κ3) is 3.46. The summed E-state index contributed by atoms with van der Waals surface area (Å²) in [5.41, 5.74) is 5.53. The highest BCUT2D eigenvalue weighted by atomic mass is 16.3. The summed E-state index contributed by atoms with van der Waals surface area (Å²) in [4.78, 5) is 13.9. The molecule has 0 saturated heterocycles. The Morgan fingerprint density at radius 3 is 2.56 bits per heavy atom. The van der Waals surface area contributed by atoms with Crippen LogP contribution in [-0.2, 0) is 4.79 Å².